The molecule has 1 aliphatic heterocycles. The van der Waals surface area contributed by atoms with E-state index in [0.717, 1.165) is 31.2 Å². The van der Waals surface area contributed by atoms with Crippen molar-refractivity contribution in [2.24, 2.45) is 0 Å². The molecule has 0 radical (unpaired) electrons. The highest BCUT2D eigenvalue weighted by atomic mass is 15.3. The summed E-state index contributed by atoms with van der Waals surface area (Å²) in [4.78, 5) is 11.6. The molecule has 1 saturated carbocycles. The first kappa shape index (κ1) is 11.9. The van der Waals surface area contributed by atoms with E-state index in [1.807, 2.05) is 30.7 Å². The van der Waals surface area contributed by atoms with Crippen molar-refractivity contribution in [3.05, 3.63) is 36.5 Å². The molecule has 1 aliphatic carbocycles. The van der Waals surface area contributed by atoms with E-state index in [4.69, 9.17) is 4.98 Å². The third-order valence-corrected chi connectivity index (χ3v) is 4.52. The average Bonchev–Trinajstić information content (AvgIpc) is 3.08. The van der Waals surface area contributed by atoms with E-state index in [2.05, 4.69) is 19.7 Å². The van der Waals surface area contributed by atoms with E-state index in [0.29, 0.717) is 12.0 Å². The van der Waals surface area contributed by atoms with Crippen LogP contribution in [0.15, 0.2) is 30.7 Å². The van der Waals surface area contributed by atoms with Gasteiger partial charge in [0.25, 0.3) is 0 Å². The van der Waals surface area contributed by atoms with Crippen LogP contribution in [0.5, 0.6) is 0 Å². The fourth-order valence-corrected chi connectivity index (χ4v) is 3.07. The largest absolute Gasteiger partial charge is 0.354 e. The minimum atomic E-state index is 0.465. The standard InChI is InChI=1S/C15H19N5/c1-3-12(4-1)15-16-8-5-14(18-15)19-10-6-13(11-19)20-9-2-7-17-20/h2,5,7-9,12-13H,1,3-4,6,10-11H2. The monoisotopic (exact) mass is 269 g/mol. The van der Waals surface area contributed by atoms with Gasteiger partial charge in [0.05, 0.1) is 6.04 Å². The number of hydrogen-bond acceptors (Lipinski definition) is 4. The van der Waals surface area contributed by atoms with Gasteiger partial charge in [0.15, 0.2) is 0 Å². The van der Waals surface area contributed by atoms with E-state index in [9.17, 15) is 0 Å². The van der Waals surface area contributed by atoms with E-state index in [1.165, 1.54) is 19.3 Å². The fourth-order valence-electron chi connectivity index (χ4n) is 3.07. The van der Waals surface area contributed by atoms with Gasteiger partial charge in [0, 0.05) is 37.6 Å². The van der Waals surface area contributed by atoms with Crippen LogP contribution in [0.4, 0.5) is 5.82 Å². The molecule has 0 amide bonds. The zero-order valence-electron chi connectivity index (χ0n) is 11.5. The summed E-state index contributed by atoms with van der Waals surface area (Å²) in [5.41, 5.74) is 0. The third-order valence-electron chi connectivity index (χ3n) is 4.52. The molecule has 0 spiro atoms. The molecule has 1 unspecified atom stereocenters. The van der Waals surface area contributed by atoms with Crippen LogP contribution in [0.3, 0.4) is 0 Å². The highest BCUT2D eigenvalue weighted by Crippen LogP contribution is 2.35. The van der Waals surface area contributed by atoms with Crippen LogP contribution in [-0.2, 0) is 0 Å². The van der Waals surface area contributed by atoms with Gasteiger partial charge < -0.3 is 4.90 Å². The second-order valence-electron chi connectivity index (χ2n) is 5.78. The predicted octanol–water partition coefficient (Wildman–Crippen LogP) is 2.39. The Bertz CT molecular complexity index is 576. The Morgan fingerprint density at radius 3 is 2.85 bits per heavy atom. The molecular formula is C15H19N5. The van der Waals surface area contributed by atoms with Crippen molar-refractivity contribution in [3.63, 3.8) is 0 Å². The molecule has 5 nitrogen and oxygen atoms in total. The maximum atomic E-state index is 4.78. The first-order chi connectivity index (χ1) is 9.90. The molecule has 4 rings (SSSR count). The van der Waals surface area contributed by atoms with Crippen molar-refractivity contribution < 1.29 is 0 Å². The van der Waals surface area contributed by atoms with Crippen LogP contribution in [0.1, 0.15) is 43.5 Å². The summed E-state index contributed by atoms with van der Waals surface area (Å²) in [6, 6.07) is 4.49. The van der Waals surface area contributed by atoms with Crippen molar-refractivity contribution in [1.29, 1.82) is 0 Å². The summed E-state index contributed by atoms with van der Waals surface area (Å²) in [5, 5.41) is 4.35. The lowest BCUT2D eigenvalue weighted by atomic mass is 9.85. The van der Waals surface area contributed by atoms with Gasteiger partial charge in [0.2, 0.25) is 0 Å². The predicted molar refractivity (Wildman–Crippen MR) is 76.7 cm³/mol. The molecule has 0 N–H and O–H groups in total. The first-order valence-electron chi connectivity index (χ1n) is 7.47. The minimum Gasteiger partial charge on any atom is -0.354 e. The second-order valence-corrected chi connectivity index (χ2v) is 5.78. The van der Waals surface area contributed by atoms with Crippen LogP contribution in [-0.4, -0.2) is 32.8 Å². The van der Waals surface area contributed by atoms with Gasteiger partial charge in [-0.15, -0.1) is 0 Å². The summed E-state index contributed by atoms with van der Waals surface area (Å²) in [7, 11) is 0. The molecular weight excluding hydrogens is 250 g/mol. The molecule has 5 heteroatoms. The molecule has 0 aromatic carbocycles. The van der Waals surface area contributed by atoms with Gasteiger partial charge in [-0.25, -0.2) is 9.97 Å². The van der Waals surface area contributed by atoms with Crippen LogP contribution in [0.2, 0.25) is 0 Å². The Labute approximate surface area is 118 Å². The number of anilines is 1. The van der Waals surface area contributed by atoms with Crippen molar-refractivity contribution in [3.8, 4) is 0 Å². The van der Waals surface area contributed by atoms with Gasteiger partial charge in [-0.1, -0.05) is 6.42 Å². The van der Waals surface area contributed by atoms with E-state index in [1.54, 1.807) is 0 Å². The van der Waals surface area contributed by atoms with E-state index in [-0.39, 0.29) is 0 Å². The van der Waals surface area contributed by atoms with Crippen LogP contribution < -0.4 is 4.90 Å². The molecule has 2 aromatic rings. The molecule has 0 bridgehead atoms. The lowest BCUT2D eigenvalue weighted by molar-refractivity contribution is 0.401. The maximum Gasteiger partial charge on any atom is 0.133 e. The fraction of sp³-hybridized carbons (Fsp3) is 0.533. The molecule has 20 heavy (non-hydrogen) atoms. The zero-order valence-corrected chi connectivity index (χ0v) is 11.5. The Kier molecular flexibility index (Phi) is 2.90. The van der Waals surface area contributed by atoms with Gasteiger partial charge >= 0.3 is 0 Å². The Morgan fingerprint density at radius 1 is 1.15 bits per heavy atom. The van der Waals surface area contributed by atoms with Gasteiger partial charge in [-0.2, -0.15) is 5.10 Å². The average molecular weight is 269 g/mol. The highest BCUT2D eigenvalue weighted by Gasteiger charge is 2.27. The van der Waals surface area contributed by atoms with Gasteiger partial charge in [-0.3, -0.25) is 4.68 Å². The molecule has 1 atom stereocenters. The smallest absolute Gasteiger partial charge is 0.133 e. The van der Waals surface area contributed by atoms with Crippen molar-refractivity contribution in [2.75, 3.05) is 18.0 Å². The van der Waals surface area contributed by atoms with E-state index >= 15 is 0 Å². The molecule has 2 fully saturated rings. The summed E-state index contributed by atoms with van der Waals surface area (Å²) < 4.78 is 2.06. The SMILES string of the molecule is c1cnn(C2CCN(c3ccnc(C4CCC4)n3)C2)c1. The summed E-state index contributed by atoms with van der Waals surface area (Å²) >= 11 is 0. The highest BCUT2D eigenvalue weighted by molar-refractivity contribution is 5.39. The summed E-state index contributed by atoms with van der Waals surface area (Å²) in [6.45, 7) is 2.04. The van der Waals surface area contributed by atoms with Crippen LogP contribution >= 0.6 is 0 Å². The normalized spacial score (nSPS) is 23.0. The molecule has 3 heterocycles. The van der Waals surface area contributed by atoms with Gasteiger partial charge in [0.1, 0.15) is 11.6 Å². The topological polar surface area (TPSA) is 46.8 Å². The number of hydrogen-bond donors (Lipinski definition) is 0. The number of rotatable bonds is 3. The van der Waals surface area contributed by atoms with Crippen LogP contribution in [0.25, 0.3) is 0 Å². The third kappa shape index (κ3) is 2.07. The van der Waals surface area contributed by atoms with Crippen molar-refractivity contribution in [2.45, 2.75) is 37.6 Å². The summed E-state index contributed by atoms with van der Waals surface area (Å²) in [5.74, 6) is 2.72. The molecule has 104 valence electrons. The minimum absolute atomic E-state index is 0.465. The quantitative estimate of drug-likeness (QED) is 0.858. The number of aromatic nitrogens is 4. The van der Waals surface area contributed by atoms with Crippen molar-refractivity contribution >= 4 is 5.82 Å². The Balaban J connectivity index is 1.51. The first-order valence-corrected chi connectivity index (χ1v) is 7.47. The lowest BCUT2D eigenvalue weighted by Crippen LogP contribution is -2.23. The number of nitrogens with zero attached hydrogens (tertiary/aromatic N) is 5. The van der Waals surface area contributed by atoms with E-state index < -0.39 is 0 Å². The lowest BCUT2D eigenvalue weighted by Gasteiger charge is -2.25. The summed E-state index contributed by atoms with van der Waals surface area (Å²) in [6.07, 6.45) is 10.8. The Hall–Kier alpha value is -1.91. The second kappa shape index (κ2) is 4.89. The maximum absolute atomic E-state index is 4.78. The van der Waals surface area contributed by atoms with Gasteiger partial charge in [-0.05, 0) is 31.4 Å². The Morgan fingerprint density at radius 2 is 2.10 bits per heavy atom. The molecule has 1 saturated heterocycles. The molecule has 2 aliphatic rings. The van der Waals surface area contributed by atoms with Crippen molar-refractivity contribution in [1.82, 2.24) is 19.7 Å². The zero-order chi connectivity index (χ0) is 13.4. The molecule has 2 aromatic heterocycles. The van der Waals surface area contributed by atoms with Crippen LogP contribution in [0, 0.1) is 0 Å².